The van der Waals surface area contributed by atoms with Crippen LogP contribution in [0.2, 0.25) is 0 Å². The molecule has 0 spiro atoms. The molecule has 1 amide bonds. The third-order valence-electron chi connectivity index (χ3n) is 5.08. The van der Waals surface area contributed by atoms with Gasteiger partial charge in [0.15, 0.2) is 0 Å². The van der Waals surface area contributed by atoms with Crippen molar-refractivity contribution in [3.05, 3.63) is 52.5 Å². The first-order valence-corrected chi connectivity index (χ1v) is 11.8. The molecule has 0 radical (unpaired) electrons. The van der Waals surface area contributed by atoms with Gasteiger partial charge in [0.1, 0.15) is 11.5 Å². The van der Waals surface area contributed by atoms with E-state index in [9.17, 15) is 13.2 Å². The summed E-state index contributed by atoms with van der Waals surface area (Å²) in [6.07, 6.45) is 1.29. The average molecular weight is 497 g/mol. The molecular weight excluding hydrogens is 472 g/mol. The molecule has 1 saturated heterocycles. The summed E-state index contributed by atoms with van der Waals surface area (Å²) in [5.74, 6) is 0.732. The second-order valence-corrected chi connectivity index (χ2v) is 9.95. The smallest absolute Gasteiger partial charge is 0.243 e. The molecule has 1 aliphatic heterocycles. The van der Waals surface area contributed by atoms with Gasteiger partial charge in [-0.1, -0.05) is 15.9 Å². The number of piperidine rings is 1. The van der Waals surface area contributed by atoms with Gasteiger partial charge in [-0.2, -0.15) is 4.31 Å². The molecule has 3 rings (SSSR count). The Morgan fingerprint density at radius 2 is 1.77 bits per heavy atom. The second kappa shape index (κ2) is 9.80. The first-order valence-electron chi connectivity index (χ1n) is 9.59. The van der Waals surface area contributed by atoms with Gasteiger partial charge in [-0.05, 0) is 54.8 Å². The zero-order valence-electron chi connectivity index (χ0n) is 16.9. The number of sulfonamides is 1. The van der Waals surface area contributed by atoms with Crippen LogP contribution in [-0.2, 0) is 21.4 Å². The van der Waals surface area contributed by atoms with E-state index in [-0.39, 0.29) is 17.3 Å². The predicted octanol–water partition coefficient (Wildman–Crippen LogP) is 3.18. The first-order chi connectivity index (χ1) is 14.3. The zero-order chi connectivity index (χ0) is 21.7. The second-order valence-electron chi connectivity index (χ2n) is 7.09. The SMILES string of the molecule is COc1cc(CNC(=O)C2CCCN(S(=O)(=O)c3ccc(Br)cc3)C2)cc(OC)c1. The molecule has 1 fully saturated rings. The maximum absolute atomic E-state index is 12.9. The summed E-state index contributed by atoms with van der Waals surface area (Å²) >= 11 is 3.31. The summed E-state index contributed by atoms with van der Waals surface area (Å²) in [4.78, 5) is 13.0. The molecule has 162 valence electrons. The normalized spacial score (nSPS) is 17.4. The summed E-state index contributed by atoms with van der Waals surface area (Å²) in [6, 6.07) is 11.9. The standard InChI is InChI=1S/C21H25BrN2O5S/c1-28-18-10-15(11-19(12-18)29-2)13-23-21(25)16-4-3-9-24(14-16)30(26,27)20-7-5-17(22)6-8-20/h5-8,10-12,16H,3-4,9,13-14H2,1-2H3,(H,23,25). The highest BCUT2D eigenvalue weighted by Gasteiger charge is 2.33. The highest BCUT2D eigenvalue weighted by atomic mass is 79.9. The van der Waals surface area contributed by atoms with Crippen molar-refractivity contribution in [2.45, 2.75) is 24.3 Å². The Morgan fingerprint density at radius 3 is 2.37 bits per heavy atom. The fourth-order valence-electron chi connectivity index (χ4n) is 3.43. The molecule has 1 unspecified atom stereocenters. The Labute approximate surface area is 185 Å². The van der Waals surface area contributed by atoms with Crippen LogP contribution in [0.15, 0.2) is 51.8 Å². The largest absolute Gasteiger partial charge is 0.497 e. The topological polar surface area (TPSA) is 84.9 Å². The quantitative estimate of drug-likeness (QED) is 0.636. The van der Waals surface area contributed by atoms with Crippen molar-refractivity contribution >= 4 is 31.9 Å². The molecule has 1 N–H and O–H groups in total. The molecular formula is C21H25BrN2O5S. The van der Waals surface area contributed by atoms with Gasteiger partial charge in [-0.3, -0.25) is 4.79 Å². The van der Waals surface area contributed by atoms with Gasteiger partial charge >= 0.3 is 0 Å². The van der Waals surface area contributed by atoms with E-state index in [0.717, 1.165) is 10.0 Å². The molecule has 1 aliphatic rings. The Morgan fingerprint density at radius 1 is 1.13 bits per heavy atom. The molecule has 0 bridgehead atoms. The summed E-state index contributed by atoms with van der Waals surface area (Å²) in [5.41, 5.74) is 0.842. The van der Waals surface area contributed by atoms with Crippen molar-refractivity contribution in [3.8, 4) is 11.5 Å². The Kier molecular flexibility index (Phi) is 7.38. The number of ether oxygens (including phenoxy) is 2. The predicted molar refractivity (Wildman–Crippen MR) is 117 cm³/mol. The van der Waals surface area contributed by atoms with E-state index in [1.165, 1.54) is 4.31 Å². The molecule has 7 nitrogen and oxygen atoms in total. The molecule has 30 heavy (non-hydrogen) atoms. The molecule has 9 heteroatoms. The van der Waals surface area contributed by atoms with Crippen molar-refractivity contribution in [2.24, 2.45) is 5.92 Å². The van der Waals surface area contributed by atoms with Crippen molar-refractivity contribution < 1.29 is 22.7 Å². The lowest BCUT2D eigenvalue weighted by atomic mass is 9.98. The lowest BCUT2D eigenvalue weighted by molar-refractivity contribution is -0.126. The number of nitrogens with one attached hydrogen (secondary N) is 1. The third-order valence-corrected chi connectivity index (χ3v) is 7.49. The number of rotatable bonds is 7. The van der Waals surface area contributed by atoms with E-state index in [2.05, 4.69) is 21.2 Å². The highest BCUT2D eigenvalue weighted by molar-refractivity contribution is 9.10. The van der Waals surface area contributed by atoms with E-state index in [1.54, 1.807) is 44.6 Å². The Balaban J connectivity index is 1.65. The maximum Gasteiger partial charge on any atom is 0.243 e. The number of hydrogen-bond acceptors (Lipinski definition) is 5. The van der Waals surface area contributed by atoms with Gasteiger partial charge in [0.25, 0.3) is 0 Å². The fraction of sp³-hybridized carbons (Fsp3) is 0.381. The molecule has 0 aliphatic carbocycles. The monoisotopic (exact) mass is 496 g/mol. The van der Waals surface area contributed by atoms with Crippen LogP contribution in [-0.4, -0.2) is 45.9 Å². The van der Waals surface area contributed by atoms with E-state index in [1.807, 2.05) is 12.1 Å². The number of benzene rings is 2. The summed E-state index contributed by atoms with van der Waals surface area (Å²) in [6.45, 7) is 0.892. The molecule has 0 saturated carbocycles. The van der Waals surface area contributed by atoms with Crippen LogP contribution in [0.3, 0.4) is 0 Å². The molecule has 2 aromatic carbocycles. The van der Waals surface area contributed by atoms with Gasteiger partial charge in [-0.15, -0.1) is 0 Å². The number of carbonyl (C=O) groups is 1. The van der Waals surface area contributed by atoms with Gasteiger partial charge in [0, 0.05) is 30.2 Å². The Bertz CT molecular complexity index is 973. The number of nitrogens with zero attached hydrogens (tertiary/aromatic N) is 1. The molecule has 1 heterocycles. The van der Waals surface area contributed by atoms with Crippen LogP contribution in [0.25, 0.3) is 0 Å². The van der Waals surface area contributed by atoms with Crippen LogP contribution >= 0.6 is 15.9 Å². The van der Waals surface area contributed by atoms with Crippen LogP contribution in [0.4, 0.5) is 0 Å². The van der Waals surface area contributed by atoms with Gasteiger partial charge in [0.2, 0.25) is 15.9 Å². The summed E-state index contributed by atoms with van der Waals surface area (Å²) in [7, 11) is -0.493. The molecule has 0 aromatic heterocycles. The van der Waals surface area contributed by atoms with Crippen LogP contribution < -0.4 is 14.8 Å². The van der Waals surface area contributed by atoms with Crippen molar-refractivity contribution in [3.63, 3.8) is 0 Å². The van der Waals surface area contributed by atoms with Crippen LogP contribution in [0, 0.1) is 5.92 Å². The minimum Gasteiger partial charge on any atom is -0.497 e. The number of hydrogen-bond donors (Lipinski definition) is 1. The van der Waals surface area contributed by atoms with Gasteiger partial charge in [-0.25, -0.2) is 8.42 Å². The van der Waals surface area contributed by atoms with Crippen LogP contribution in [0.1, 0.15) is 18.4 Å². The van der Waals surface area contributed by atoms with Crippen molar-refractivity contribution in [1.29, 1.82) is 0 Å². The molecule has 2 aromatic rings. The van der Waals surface area contributed by atoms with E-state index in [0.29, 0.717) is 37.4 Å². The van der Waals surface area contributed by atoms with Gasteiger partial charge in [0.05, 0.1) is 25.0 Å². The molecule has 1 atom stereocenters. The fourth-order valence-corrected chi connectivity index (χ4v) is 5.22. The van der Waals surface area contributed by atoms with E-state index in [4.69, 9.17) is 9.47 Å². The number of methoxy groups -OCH3 is 2. The maximum atomic E-state index is 12.9. The third kappa shape index (κ3) is 5.33. The van der Waals surface area contributed by atoms with Gasteiger partial charge < -0.3 is 14.8 Å². The zero-order valence-corrected chi connectivity index (χ0v) is 19.3. The number of carbonyl (C=O) groups excluding carboxylic acids is 1. The van der Waals surface area contributed by atoms with Crippen LogP contribution in [0.5, 0.6) is 11.5 Å². The number of amides is 1. The van der Waals surface area contributed by atoms with E-state index >= 15 is 0 Å². The number of halogens is 1. The first kappa shape index (κ1) is 22.6. The average Bonchev–Trinajstić information content (AvgIpc) is 2.77. The Hall–Kier alpha value is -2.10. The summed E-state index contributed by atoms with van der Waals surface area (Å²) < 4.78 is 38.6. The lowest BCUT2D eigenvalue weighted by Gasteiger charge is -2.31. The van der Waals surface area contributed by atoms with Crippen molar-refractivity contribution in [1.82, 2.24) is 9.62 Å². The minimum atomic E-state index is -3.63. The minimum absolute atomic E-state index is 0.160. The van der Waals surface area contributed by atoms with E-state index < -0.39 is 15.9 Å². The lowest BCUT2D eigenvalue weighted by Crippen LogP contribution is -2.45. The highest BCUT2D eigenvalue weighted by Crippen LogP contribution is 2.26. The van der Waals surface area contributed by atoms with Crippen molar-refractivity contribution in [2.75, 3.05) is 27.3 Å². The summed E-state index contributed by atoms with van der Waals surface area (Å²) in [5, 5.41) is 2.91.